The Morgan fingerprint density at radius 3 is 2.11 bits per heavy atom. The van der Waals surface area contributed by atoms with Crippen LogP contribution in [0.2, 0.25) is 0 Å². The van der Waals surface area contributed by atoms with Crippen molar-refractivity contribution in [2.45, 2.75) is 4.33 Å². The molecular weight excluding hydrogens is 283 g/mol. The van der Waals surface area contributed by atoms with E-state index in [-0.39, 0.29) is 5.78 Å². The summed E-state index contributed by atoms with van der Waals surface area (Å²) in [6, 6.07) is 15.5. The maximum atomic E-state index is 12.4. The van der Waals surface area contributed by atoms with Gasteiger partial charge in [0, 0.05) is 5.56 Å². The number of ketones is 1. The second-order valence-corrected chi connectivity index (χ2v) is 5.33. The zero-order valence-corrected chi connectivity index (χ0v) is 11.8. The fraction of sp³-hybridized carbons (Fsp3) is 0.133. The van der Waals surface area contributed by atoms with Gasteiger partial charge in [0.15, 0.2) is 0 Å². The molecule has 0 aliphatic carbocycles. The first-order valence-electron chi connectivity index (χ1n) is 5.68. The van der Waals surface area contributed by atoms with Crippen LogP contribution in [-0.2, 0) is 4.33 Å². The Balaban J connectivity index is 2.32. The van der Waals surface area contributed by atoms with E-state index in [0.29, 0.717) is 16.9 Å². The lowest BCUT2D eigenvalue weighted by Gasteiger charge is -2.18. The highest BCUT2D eigenvalue weighted by Crippen LogP contribution is 2.37. The van der Waals surface area contributed by atoms with Crippen molar-refractivity contribution >= 4 is 29.0 Å². The first-order valence-corrected chi connectivity index (χ1v) is 6.43. The maximum absolute atomic E-state index is 12.4. The Bertz CT molecular complexity index is 562. The molecule has 0 saturated carbocycles. The fourth-order valence-corrected chi connectivity index (χ4v) is 2.17. The molecule has 2 aromatic carbocycles. The average Bonchev–Trinajstić information content (AvgIpc) is 2.47. The van der Waals surface area contributed by atoms with E-state index in [2.05, 4.69) is 0 Å². The van der Waals surface area contributed by atoms with Crippen LogP contribution in [0, 0.1) is 0 Å². The Kier molecular flexibility index (Phi) is 4.13. The Hall–Kier alpha value is -1.51. The van der Waals surface area contributed by atoms with Gasteiger partial charge in [-0.15, -0.1) is 0 Å². The number of carbonyl (C=O) groups is 1. The van der Waals surface area contributed by atoms with Crippen molar-refractivity contribution in [3.8, 4) is 5.75 Å². The molecular formula is C15H12Cl2O2. The summed E-state index contributed by atoms with van der Waals surface area (Å²) in [5, 5.41) is 0. The summed E-state index contributed by atoms with van der Waals surface area (Å²) in [4.78, 5) is 12.4. The number of Topliss-reactive ketones (excluding diaryl/α,β-unsaturated/α-hetero) is 1. The number of hydrogen-bond donors (Lipinski definition) is 0. The molecule has 2 aromatic rings. The molecule has 0 aliphatic heterocycles. The van der Waals surface area contributed by atoms with E-state index in [1.54, 1.807) is 55.6 Å². The van der Waals surface area contributed by atoms with Crippen LogP contribution < -0.4 is 4.74 Å². The molecule has 0 N–H and O–H groups in total. The zero-order chi connectivity index (χ0) is 13.9. The minimum absolute atomic E-state index is 0.357. The van der Waals surface area contributed by atoms with Gasteiger partial charge < -0.3 is 4.74 Å². The van der Waals surface area contributed by atoms with Crippen molar-refractivity contribution < 1.29 is 9.53 Å². The quantitative estimate of drug-likeness (QED) is 0.624. The van der Waals surface area contributed by atoms with Crippen molar-refractivity contribution in [1.82, 2.24) is 0 Å². The molecule has 0 unspecified atom stereocenters. The van der Waals surface area contributed by atoms with Gasteiger partial charge in [-0.3, -0.25) is 4.79 Å². The average molecular weight is 295 g/mol. The molecule has 0 bridgehead atoms. The van der Waals surface area contributed by atoms with Gasteiger partial charge in [-0.2, -0.15) is 0 Å². The van der Waals surface area contributed by atoms with E-state index in [1.807, 2.05) is 6.07 Å². The fourth-order valence-electron chi connectivity index (χ4n) is 1.70. The van der Waals surface area contributed by atoms with Crippen LogP contribution >= 0.6 is 23.2 Å². The molecule has 0 aromatic heterocycles. The van der Waals surface area contributed by atoms with Crippen LogP contribution in [0.1, 0.15) is 15.9 Å². The van der Waals surface area contributed by atoms with E-state index in [0.717, 1.165) is 0 Å². The predicted molar refractivity (Wildman–Crippen MR) is 77.2 cm³/mol. The van der Waals surface area contributed by atoms with Gasteiger partial charge in [0.1, 0.15) is 5.75 Å². The van der Waals surface area contributed by atoms with Crippen molar-refractivity contribution in [2.24, 2.45) is 0 Å². The summed E-state index contributed by atoms with van der Waals surface area (Å²) in [6.45, 7) is 0. The molecule has 4 heteroatoms. The molecule has 19 heavy (non-hydrogen) atoms. The lowest BCUT2D eigenvalue weighted by molar-refractivity contribution is 0.0972. The number of alkyl halides is 2. The van der Waals surface area contributed by atoms with Crippen LogP contribution in [0.15, 0.2) is 54.6 Å². The van der Waals surface area contributed by atoms with E-state index in [9.17, 15) is 4.79 Å². The first-order chi connectivity index (χ1) is 9.05. The number of ether oxygens (including phenoxy) is 1. The molecule has 98 valence electrons. The smallest absolute Gasteiger partial charge is 0.205 e. The van der Waals surface area contributed by atoms with Crippen LogP contribution in [0.3, 0.4) is 0 Å². The largest absolute Gasteiger partial charge is 0.497 e. The summed E-state index contributed by atoms with van der Waals surface area (Å²) in [5.41, 5.74) is 0.994. The van der Waals surface area contributed by atoms with Gasteiger partial charge in [-0.05, 0) is 29.8 Å². The van der Waals surface area contributed by atoms with Gasteiger partial charge in [-0.1, -0.05) is 53.5 Å². The molecule has 0 atom stereocenters. The van der Waals surface area contributed by atoms with Gasteiger partial charge in [0.2, 0.25) is 10.1 Å². The van der Waals surface area contributed by atoms with Gasteiger partial charge in [-0.25, -0.2) is 0 Å². The van der Waals surface area contributed by atoms with E-state index < -0.39 is 4.33 Å². The number of carbonyl (C=O) groups excluding carboxylic acids is 1. The molecule has 0 radical (unpaired) electrons. The van der Waals surface area contributed by atoms with Crippen molar-refractivity contribution in [3.05, 3.63) is 65.7 Å². The van der Waals surface area contributed by atoms with Crippen LogP contribution in [0.4, 0.5) is 0 Å². The molecule has 2 rings (SSSR count). The molecule has 0 aliphatic rings. The standard InChI is InChI=1S/C15H12Cl2O2/c1-19-13-9-7-11(8-10-13)14(18)15(16,17)12-5-3-2-4-6-12/h2-10H,1H3. The topological polar surface area (TPSA) is 26.3 Å². The van der Waals surface area contributed by atoms with Crippen molar-refractivity contribution in [3.63, 3.8) is 0 Å². The zero-order valence-electron chi connectivity index (χ0n) is 10.3. The number of rotatable bonds is 4. The number of methoxy groups -OCH3 is 1. The predicted octanol–water partition coefficient (Wildman–Crippen LogP) is 4.21. The summed E-state index contributed by atoms with van der Waals surface area (Å²) >= 11 is 12.4. The normalized spacial score (nSPS) is 11.1. The molecule has 0 saturated heterocycles. The third-order valence-electron chi connectivity index (χ3n) is 2.77. The third kappa shape index (κ3) is 2.91. The van der Waals surface area contributed by atoms with Crippen LogP contribution in [-0.4, -0.2) is 12.9 Å². The minimum atomic E-state index is -1.59. The van der Waals surface area contributed by atoms with Gasteiger partial charge in [0.25, 0.3) is 0 Å². The molecule has 0 fully saturated rings. The minimum Gasteiger partial charge on any atom is -0.497 e. The lowest BCUT2D eigenvalue weighted by atomic mass is 10.0. The van der Waals surface area contributed by atoms with Crippen molar-refractivity contribution in [2.75, 3.05) is 7.11 Å². The highest BCUT2D eigenvalue weighted by Gasteiger charge is 2.36. The summed E-state index contributed by atoms with van der Waals surface area (Å²) in [5.74, 6) is 0.315. The van der Waals surface area contributed by atoms with Crippen molar-refractivity contribution in [1.29, 1.82) is 0 Å². The maximum Gasteiger partial charge on any atom is 0.205 e. The number of halogens is 2. The Morgan fingerprint density at radius 1 is 1.00 bits per heavy atom. The molecule has 0 heterocycles. The summed E-state index contributed by atoms with van der Waals surface area (Å²) in [6.07, 6.45) is 0. The third-order valence-corrected chi connectivity index (χ3v) is 3.55. The summed E-state index contributed by atoms with van der Waals surface area (Å²) < 4.78 is 3.45. The van der Waals surface area contributed by atoms with Crippen LogP contribution in [0.25, 0.3) is 0 Å². The van der Waals surface area contributed by atoms with E-state index in [1.165, 1.54) is 0 Å². The van der Waals surface area contributed by atoms with E-state index >= 15 is 0 Å². The second kappa shape index (κ2) is 5.64. The summed E-state index contributed by atoms with van der Waals surface area (Å²) in [7, 11) is 1.56. The monoisotopic (exact) mass is 294 g/mol. The van der Waals surface area contributed by atoms with Gasteiger partial charge in [0.05, 0.1) is 7.11 Å². The Morgan fingerprint density at radius 2 is 1.58 bits per heavy atom. The first kappa shape index (κ1) is 13.9. The Labute approximate surface area is 121 Å². The number of hydrogen-bond acceptors (Lipinski definition) is 2. The van der Waals surface area contributed by atoms with E-state index in [4.69, 9.17) is 27.9 Å². The highest BCUT2D eigenvalue weighted by molar-refractivity contribution is 6.59. The second-order valence-electron chi connectivity index (χ2n) is 4.00. The van der Waals surface area contributed by atoms with Crippen LogP contribution in [0.5, 0.6) is 5.75 Å². The lowest BCUT2D eigenvalue weighted by Crippen LogP contribution is -2.23. The highest BCUT2D eigenvalue weighted by atomic mass is 35.5. The molecule has 2 nitrogen and oxygen atoms in total. The van der Waals surface area contributed by atoms with Gasteiger partial charge >= 0.3 is 0 Å². The molecule has 0 amide bonds. The number of benzene rings is 2. The molecule has 0 spiro atoms. The SMILES string of the molecule is COc1ccc(C(=O)C(Cl)(Cl)c2ccccc2)cc1.